The van der Waals surface area contributed by atoms with Crippen LogP contribution >= 0.6 is 0 Å². The van der Waals surface area contributed by atoms with Crippen molar-refractivity contribution in [2.24, 2.45) is 0 Å². The Kier molecular flexibility index (Phi) is 3.56. The highest BCUT2D eigenvalue weighted by molar-refractivity contribution is 5.27. The van der Waals surface area contributed by atoms with Gasteiger partial charge >= 0.3 is 0 Å². The average Bonchev–Trinajstić information content (AvgIpc) is 2.33. The highest BCUT2D eigenvalue weighted by Crippen LogP contribution is 2.16. The molecule has 0 amide bonds. The Morgan fingerprint density at radius 1 is 1.25 bits per heavy atom. The van der Waals surface area contributed by atoms with Crippen molar-refractivity contribution in [3.8, 4) is 5.75 Å². The van der Waals surface area contributed by atoms with E-state index < -0.39 is 12.4 Å². The standard InChI is InChI=1S/C12H14O4/c13-7-9-1-4-11(5-2-9)16-12-6-3-10(14)8-15-12/h1-6,10,12-14H,7-8H2/t10-,12+/m1/s1. The van der Waals surface area contributed by atoms with Gasteiger partial charge in [0.05, 0.1) is 19.3 Å². The molecule has 2 N–H and O–H groups in total. The third-order valence-electron chi connectivity index (χ3n) is 2.28. The predicted octanol–water partition coefficient (Wildman–Crippen LogP) is 0.831. The predicted molar refractivity (Wildman–Crippen MR) is 57.9 cm³/mol. The summed E-state index contributed by atoms with van der Waals surface area (Å²) in [5, 5.41) is 18.0. The first-order valence-corrected chi connectivity index (χ1v) is 5.12. The van der Waals surface area contributed by atoms with Crippen LogP contribution in [0.3, 0.4) is 0 Å². The quantitative estimate of drug-likeness (QED) is 0.744. The molecule has 0 spiro atoms. The van der Waals surface area contributed by atoms with Gasteiger partial charge in [-0.3, -0.25) is 0 Å². The summed E-state index contributed by atoms with van der Waals surface area (Å²) < 4.78 is 10.7. The molecule has 0 unspecified atom stereocenters. The van der Waals surface area contributed by atoms with Crippen LogP contribution in [-0.4, -0.2) is 29.2 Å². The Bertz CT molecular complexity index is 358. The zero-order valence-electron chi connectivity index (χ0n) is 8.74. The van der Waals surface area contributed by atoms with E-state index in [2.05, 4.69) is 0 Å². The van der Waals surface area contributed by atoms with Crippen molar-refractivity contribution in [2.45, 2.75) is 19.0 Å². The van der Waals surface area contributed by atoms with Gasteiger partial charge < -0.3 is 19.7 Å². The van der Waals surface area contributed by atoms with E-state index in [0.717, 1.165) is 5.56 Å². The lowest BCUT2D eigenvalue weighted by atomic mass is 10.2. The van der Waals surface area contributed by atoms with Gasteiger partial charge in [-0.05, 0) is 23.8 Å². The normalized spacial score (nSPS) is 24.4. The SMILES string of the molecule is OCc1ccc(O[C@H]2C=C[C@@H](O)CO2)cc1. The fourth-order valence-electron chi connectivity index (χ4n) is 1.40. The van der Waals surface area contributed by atoms with Gasteiger partial charge in [0.15, 0.2) is 0 Å². The molecule has 0 aliphatic carbocycles. The van der Waals surface area contributed by atoms with Crippen LogP contribution in [0.1, 0.15) is 5.56 Å². The molecule has 1 aromatic rings. The molecule has 0 bridgehead atoms. The van der Waals surface area contributed by atoms with Gasteiger partial charge in [-0.25, -0.2) is 0 Å². The third-order valence-corrected chi connectivity index (χ3v) is 2.28. The number of aliphatic hydroxyl groups is 2. The number of rotatable bonds is 3. The van der Waals surface area contributed by atoms with Crippen LogP contribution in [0.5, 0.6) is 5.75 Å². The van der Waals surface area contributed by atoms with E-state index >= 15 is 0 Å². The van der Waals surface area contributed by atoms with Crippen molar-refractivity contribution in [1.82, 2.24) is 0 Å². The highest BCUT2D eigenvalue weighted by Gasteiger charge is 2.14. The molecule has 16 heavy (non-hydrogen) atoms. The van der Waals surface area contributed by atoms with Crippen molar-refractivity contribution in [1.29, 1.82) is 0 Å². The van der Waals surface area contributed by atoms with Crippen LogP contribution in [0.2, 0.25) is 0 Å². The van der Waals surface area contributed by atoms with E-state index in [1.807, 2.05) is 0 Å². The Morgan fingerprint density at radius 3 is 2.56 bits per heavy atom. The Hall–Kier alpha value is -1.36. The molecule has 4 heteroatoms. The van der Waals surface area contributed by atoms with Crippen LogP contribution < -0.4 is 4.74 Å². The second-order valence-electron chi connectivity index (χ2n) is 3.57. The van der Waals surface area contributed by atoms with E-state index in [0.29, 0.717) is 5.75 Å². The van der Waals surface area contributed by atoms with Gasteiger partial charge in [0.1, 0.15) is 5.75 Å². The van der Waals surface area contributed by atoms with Crippen molar-refractivity contribution >= 4 is 0 Å². The number of ether oxygens (including phenoxy) is 2. The number of benzene rings is 1. The van der Waals surface area contributed by atoms with Gasteiger partial charge in [0, 0.05) is 0 Å². The smallest absolute Gasteiger partial charge is 0.219 e. The average molecular weight is 222 g/mol. The molecule has 0 radical (unpaired) electrons. The van der Waals surface area contributed by atoms with Crippen molar-refractivity contribution < 1.29 is 19.7 Å². The zero-order chi connectivity index (χ0) is 11.4. The minimum absolute atomic E-state index is 0.0201. The van der Waals surface area contributed by atoms with E-state index in [-0.39, 0.29) is 13.2 Å². The first-order chi connectivity index (χ1) is 7.78. The number of hydrogen-bond donors (Lipinski definition) is 2. The first-order valence-electron chi connectivity index (χ1n) is 5.12. The molecule has 0 saturated heterocycles. The Labute approximate surface area is 93.7 Å². The molecule has 1 aliphatic rings. The van der Waals surface area contributed by atoms with E-state index in [1.165, 1.54) is 0 Å². The molecule has 0 saturated carbocycles. The maximum Gasteiger partial charge on any atom is 0.219 e. The molecule has 1 aromatic carbocycles. The van der Waals surface area contributed by atoms with Gasteiger partial charge in [-0.1, -0.05) is 18.2 Å². The summed E-state index contributed by atoms with van der Waals surface area (Å²) in [5.74, 6) is 0.670. The monoisotopic (exact) mass is 222 g/mol. The fourth-order valence-corrected chi connectivity index (χ4v) is 1.40. The van der Waals surface area contributed by atoms with E-state index in [4.69, 9.17) is 19.7 Å². The molecule has 86 valence electrons. The lowest BCUT2D eigenvalue weighted by molar-refractivity contribution is -0.0789. The number of aliphatic hydroxyl groups excluding tert-OH is 2. The molecule has 2 atom stereocenters. The minimum Gasteiger partial charge on any atom is -0.461 e. The summed E-state index contributed by atoms with van der Waals surface area (Å²) >= 11 is 0. The van der Waals surface area contributed by atoms with Gasteiger partial charge in [-0.15, -0.1) is 0 Å². The van der Waals surface area contributed by atoms with Gasteiger partial charge in [0.25, 0.3) is 0 Å². The lowest BCUT2D eigenvalue weighted by Crippen LogP contribution is -2.28. The fraction of sp³-hybridized carbons (Fsp3) is 0.333. The molecule has 1 aliphatic heterocycles. The molecular formula is C12H14O4. The summed E-state index contributed by atoms with van der Waals surface area (Å²) in [6.07, 6.45) is 2.32. The van der Waals surface area contributed by atoms with E-state index in [1.54, 1.807) is 36.4 Å². The maximum atomic E-state index is 9.17. The Morgan fingerprint density at radius 2 is 2.00 bits per heavy atom. The Balaban J connectivity index is 1.96. The summed E-state index contributed by atoms with van der Waals surface area (Å²) in [4.78, 5) is 0. The first kappa shape index (κ1) is 11.1. The molecule has 0 fully saturated rings. The lowest BCUT2D eigenvalue weighted by Gasteiger charge is -2.21. The van der Waals surface area contributed by atoms with Gasteiger partial charge in [-0.2, -0.15) is 0 Å². The number of hydrogen-bond acceptors (Lipinski definition) is 4. The van der Waals surface area contributed by atoms with Gasteiger partial charge in [0.2, 0.25) is 6.29 Å². The zero-order valence-corrected chi connectivity index (χ0v) is 8.74. The summed E-state index contributed by atoms with van der Waals surface area (Å²) in [5.41, 5.74) is 0.836. The molecular weight excluding hydrogens is 208 g/mol. The topological polar surface area (TPSA) is 58.9 Å². The van der Waals surface area contributed by atoms with Crippen molar-refractivity contribution in [3.63, 3.8) is 0 Å². The van der Waals surface area contributed by atoms with Crippen molar-refractivity contribution in [3.05, 3.63) is 42.0 Å². The second kappa shape index (κ2) is 5.12. The van der Waals surface area contributed by atoms with Crippen LogP contribution in [0.15, 0.2) is 36.4 Å². The summed E-state index contributed by atoms with van der Waals surface area (Å²) in [6, 6.07) is 7.12. The third kappa shape index (κ3) is 2.82. The second-order valence-corrected chi connectivity index (χ2v) is 3.57. The van der Waals surface area contributed by atoms with Crippen molar-refractivity contribution in [2.75, 3.05) is 6.61 Å². The van der Waals surface area contributed by atoms with E-state index in [9.17, 15) is 0 Å². The van der Waals surface area contributed by atoms with Crippen LogP contribution in [-0.2, 0) is 11.3 Å². The molecule has 4 nitrogen and oxygen atoms in total. The highest BCUT2D eigenvalue weighted by atomic mass is 16.7. The molecule has 0 aromatic heterocycles. The summed E-state index contributed by atoms with van der Waals surface area (Å²) in [6.45, 7) is 0.266. The van der Waals surface area contributed by atoms with Crippen LogP contribution in [0.25, 0.3) is 0 Å². The largest absolute Gasteiger partial charge is 0.461 e. The van der Waals surface area contributed by atoms with Crippen LogP contribution in [0.4, 0.5) is 0 Å². The summed E-state index contributed by atoms with van der Waals surface area (Å²) in [7, 11) is 0. The molecule has 1 heterocycles. The van der Waals surface area contributed by atoms with Crippen LogP contribution in [0, 0.1) is 0 Å². The molecule has 2 rings (SSSR count). The minimum atomic E-state index is -0.545. The maximum absolute atomic E-state index is 9.17.